The summed E-state index contributed by atoms with van der Waals surface area (Å²) in [4.78, 5) is 13.4. The second-order valence-corrected chi connectivity index (χ2v) is 5.88. The molecule has 1 aromatic carbocycles. The second kappa shape index (κ2) is 7.81. The van der Waals surface area contributed by atoms with Gasteiger partial charge in [-0.2, -0.15) is 5.26 Å². The number of methoxy groups -OCH3 is 1. The van der Waals surface area contributed by atoms with Crippen LogP contribution in [0.4, 0.5) is 0 Å². The summed E-state index contributed by atoms with van der Waals surface area (Å²) in [6.45, 7) is 2.70. The summed E-state index contributed by atoms with van der Waals surface area (Å²) in [6, 6.07) is 7.69. The molecule has 2 N–H and O–H groups in total. The maximum Gasteiger partial charge on any atom is 0.217 e. The van der Waals surface area contributed by atoms with Crippen LogP contribution in [0.3, 0.4) is 0 Å². The molecule has 0 aromatic heterocycles. The van der Waals surface area contributed by atoms with E-state index in [4.69, 9.17) is 15.7 Å². The van der Waals surface area contributed by atoms with Crippen molar-refractivity contribution >= 4 is 5.91 Å². The normalized spacial score (nSPS) is 19.2. The van der Waals surface area contributed by atoms with Crippen LogP contribution in [-0.4, -0.2) is 31.0 Å². The maximum absolute atomic E-state index is 11.1. The van der Waals surface area contributed by atoms with E-state index in [0.29, 0.717) is 17.9 Å². The standard InChI is InChI=1S/C17H23N3O2/c1-22-16-5-4-14(11-18)9-15(16)12-20-7-2-3-13(6-8-20)10-17(19)21/h4-5,9,13H,2-3,6-8,10,12H2,1H3,(H2,19,21)/t13-/m0/s1. The highest BCUT2D eigenvalue weighted by Gasteiger charge is 2.19. The molecule has 118 valence electrons. The molecule has 0 aliphatic carbocycles. The summed E-state index contributed by atoms with van der Waals surface area (Å²) >= 11 is 0. The number of carbonyl (C=O) groups excluding carboxylic acids is 1. The first-order chi connectivity index (χ1) is 10.6. The van der Waals surface area contributed by atoms with Crippen LogP contribution < -0.4 is 10.5 Å². The minimum absolute atomic E-state index is 0.207. The molecule has 1 aliphatic rings. The number of nitrogens with zero attached hydrogens (tertiary/aromatic N) is 2. The predicted molar refractivity (Wildman–Crippen MR) is 84.1 cm³/mol. The topological polar surface area (TPSA) is 79.3 Å². The van der Waals surface area contributed by atoms with Gasteiger partial charge in [-0.3, -0.25) is 9.69 Å². The largest absolute Gasteiger partial charge is 0.496 e. The van der Waals surface area contributed by atoms with E-state index in [2.05, 4.69) is 11.0 Å². The Morgan fingerprint density at radius 1 is 1.45 bits per heavy atom. The van der Waals surface area contributed by atoms with Gasteiger partial charge in [0.2, 0.25) is 5.91 Å². The first-order valence-electron chi connectivity index (χ1n) is 7.70. The Balaban J connectivity index is 2.02. The molecule has 0 spiro atoms. The maximum atomic E-state index is 11.1. The third-order valence-corrected chi connectivity index (χ3v) is 4.23. The Hall–Kier alpha value is -2.06. The molecule has 22 heavy (non-hydrogen) atoms. The van der Waals surface area contributed by atoms with E-state index in [-0.39, 0.29) is 5.91 Å². The van der Waals surface area contributed by atoms with E-state index in [9.17, 15) is 4.79 Å². The van der Waals surface area contributed by atoms with Crippen molar-refractivity contribution in [2.75, 3.05) is 20.2 Å². The van der Waals surface area contributed by atoms with Crippen molar-refractivity contribution in [3.63, 3.8) is 0 Å². The zero-order valence-electron chi connectivity index (χ0n) is 13.0. The first-order valence-corrected chi connectivity index (χ1v) is 7.70. The first kappa shape index (κ1) is 16.3. The molecule has 1 amide bonds. The van der Waals surface area contributed by atoms with Gasteiger partial charge in [0, 0.05) is 18.5 Å². The van der Waals surface area contributed by atoms with Crippen molar-refractivity contribution in [3.8, 4) is 11.8 Å². The molecule has 1 saturated heterocycles. The molecule has 0 unspecified atom stereocenters. The van der Waals surface area contributed by atoms with Gasteiger partial charge in [-0.25, -0.2) is 0 Å². The number of ether oxygens (including phenoxy) is 1. The fourth-order valence-corrected chi connectivity index (χ4v) is 3.08. The summed E-state index contributed by atoms with van der Waals surface area (Å²) in [5, 5.41) is 9.05. The van der Waals surface area contributed by atoms with E-state index in [1.165, 1.54) is 0 Å². The number of benzene rings is 1. The highest BCUT2D eigenvalue weighted by atomic mass is 16.5. The molecule has 1 aromatic rings. The van der Waals surface area contributed by atoms with E-state index in [0.717, 1.165) is 50.2 Å². The SMILES string of the molecule is COc1ccc(C#N)cc1CN1CCC[C@H](CC(N)=O)CC1. The van der Waals surface area contributed by atoms with Crippen LogP contribution in [-0.2, 0) is 11.3 Å². The van der Waals surface area contributed by atoms with Crippen LogP contribution >= 0.6 is 0 Å². The van der Waals surface area contributed by atoms with E-state index in [1.807, 2.05) is 12.1 Å². The lowest BCUT2D eigenvalue weighted by Crippen LogP contribution is -2.25. The van der Waals surface area contributed by atoms with Crippen molar-refractivity contribution in [1.29, 1.82) is 5.26 Å². The molecule has 0 saturated carbocycles. The second-order valence-electron chi connectivity index (χ2n) is 5.88. The molecule has 2 rings (SSSR count). The van der Waals surface area contributed by atoms with Gasteiger partial charge in [0.15, 0.2) is 0 Å². The molecule has 0 radical (unpaired) electrons. The minimum Gasteiger partial charge on any atom is -0.496 e. The number of hydrogen-bond acceptors (Lipinski definition) is 4. The number of rotatable bonds is 5. The molecule has 1 fully saturated rings. The molecule has 5 heteroatoms. The monoisotopic (exact) mass is 301 g/mol. The lowest BCUT2D eigenvalue weighted by Gasteiger charge is -2.21. The number of primary amides is 1. The third-order valence-electron chi connectivity index (χ3n) is 4.23. The predicted octanol–water partition coefficient (Wildman–Crippen LogP) is 2.04. The van der Waals surface area contributed by atoms with Gasteiger partial charge in [-0.15, -0.1) is 0 Å². The molecular weight excluding hydrogens is 278 g/mol. The Morgan fingerprint density at radius 2 is 2.27 bits per heavy atom. The van der Waals surface area contributed by atoms with Crippen molar-refractivity contribution in [3.05, 3.63) is 29.3 Å². The lowest BCUT2D eigenvalue weighted by atomic mass is 9.97. The van der Waals surface area contributed by atoms with Gasteiger partial charge in [0.1, 0.15) is 5.75 Å². The number of carbonyl (C=O) groups is 1. The van der Waals surface area contributed by atoms with Crippen LogP contribution in [0.15, 0.2) is 18.2 Å². The third kappa shape index (κ3) is 4.47. The fraction of sp³-hybridized carbons (Fsp3) is 0.529. The Morgan fingerprint density at radius 3 is 2.95 bits per heavy atom. The van der Waals surface area contributed by atoms with Crippen LogP contribution in [0.1, 0.15) is 36.8 Å². The van der Waals surface area contributed by atoms with Crippen molar-refractivity contribution in [2.45, 2.75) is 32.2 Å². The van der Waals surface area contributed by atoms with Gasteiger partial charge in [-0.1, -0.05) is 0 Å². The highest BCUT2D eigenvalue weighted by molar-refractivity contribution is 5.73. The van der Waals surface area contributed by atoms with Crippen molar-refractivity contribution < 1.29 is 9.53 Å². The Labute approximate surface area is 131 Å². The quantitative estimate of drug-likeness (QED) is 0.902. The smallest absolute Gasteiger partial charge is 0.217 e. The summed E-state index contributed by atoms with van der Waals surface area (Å²) in [6.07, 6.45) is 3.59. The van der Waals surface area contributed by atoms with Gasteiger partial charge < -0.3 is 10.5 Å². The Bertz CT molecular complexity index is 566. The fourth-order valence-electron chi connectivity index (χ4n) is 3.08. The van der Waals surface area contributed by atoms with E-state index < -0.39 is 0 Å². The van der Waals surface area contributed by atoms with E-state index in [1.54, 1.807) is 13.2 Å². The van der Waals surface area contributed by atoms with E-state index >= 15 is 0 Å². The number of likely N-dealkylation sites (tertiary alicyclic amines) is 1. The molecule has 1 aliphatic heterocycles. The zero-order chi connectivity index (χ0) is 15.9. The molecule has 1 atom stereocenters. The molecular formula is C17H23N3O2. The van der Waals surface area contributed by atoms with Crippen LogP contribution in [0.25, 0.3) is 0 Å². The molecule has 0 bridgehead atoms. The zero-order valence-corrected chi connectivity index (χ0v) is 13.0. The number of amides is 1. The van der Waals surface area contributed by atoms with Gasteiger partial charge in [0.25, 0.3) is 0 Å². The lowest BCUT2D eigenvalue weighted by molar-refractivity contribution is -0.119. The number of hydrogen-bond donors (Lipinski definition) is 1. The Kier molecular flexibility index (Phi) is 5.79. The summed E-state index contributed by atoms with van der Waals surface area (Å²) in [7, 11) is 1.65. The summed E-state index contributed by atoms with van der Waals surface area (Å²) in [5.41, 5.74) is 6.99. The minimum atomic E-state index is -0.207. The van der Waals surface area contributed by atoms with Gasteiger partial charge in [0.05, 0.1) is 18.7 Å². The summed E-state index contributed by atoms with van der Waals surface area (Å²) in [5.74, 6) is 1.01. The van der Waals surface area contributed by atoms with Crippen LogP contribution in [0, 0.1) is 17.2 Å². The van der Waals surface area contributed by atoms with Crippen LogP contribution in [0.2, 0.25) is 0 Å². The number of nitrogens with two attached hydrogens (primary N) is 1. The molecule has 5 nitrogen and oxygen atoms in total. The number of nitriles is 1. The average Bonchev–Trinajstić information content (AvgIpc) is 2.72. The van der Waals surface area contributed by atoms with Gasteiger partial charge in [-0.05, 0) is 56.5 Å². The highest BCUT2D eigenvalue weighted by Crippen LogP contribution is 2.25. The average molecular weight is 301 g/mol. The van der Waals surface area contributed by atoms with Gasteiger partial charge >= 0.3 is 0 Å². The summed E-state index contributed by atoms with van der Waals surface area (Å²) < 4.78 is 5.39. The van der Waals surface area contributed by atoms with Crippen LogP contribution in [0.5, 0.6) is 5.75 Å². The van der Waals surface area contributed by atoms with Crippen molar-refractivity contribution in [1.82, 2.24) is 4.90 Å². The molecule has 1 heterocycles. The van der Waals surface area contributed by atoms with Crippen molar-refractivity contribution in [2.24, 2.45) is 11.7 Å².